The van der Waals surface area contributed by atoms with Crippen molar-refractivity contribution in [2.45, 2.75) is 38.4 Å². The fourth-order valence-electron chi connectivity index (χ4n) is 4.65. The summed E-state index contributed by atoms with van der Waals surface area (Å²) in [4.78, 5) is 14.5. The third-order valence-electron chi connectivity index (χ3n) is 6.27. The number of aromatic nitrogens is 2. The van der Waals surface area contributed by atoms with Crippen molar-refractivity contribution in [1.29, 1.82) is 5.26 Å². The first-order valence-electron chi connectivity index (χ1n) is 11.4. The topological polar surface area (TPSA) is 70.7 Å². The zero-order chi connectivity index (χ0) is 25.2. The van der Waals surface area contributed by atoms with Crippen molar-refractivity contribution in [3.8, 4) is 17.2 Å². The standard InChI is InChI=1S/C26H25F3N4OS/c1-3-33-15-22(25(32-33)26(27,28)29)19-8-5-4-7-18(19)20-11-16(23(34)9-6-10-31-2)12-24-21(20)13-17(14-30)35-24/h4-9,13,15-16,20,31H,3,10-12H2,1-2H3/b9-6+/t16?,20-/m0/s1. The van der Waals surface area contributed by atoms with Gasteiger partial charge in [0.05, 0.1) is 0 Å². The predicted octanol–water partition coefficient (Wildman–Crippen LogP) is 5.56. The van der Waals surface area contributed by atoms with Gasteiger partial charge in [0, 0.05) is 41.6 Å². The van der Waals surface area contributed by atoms with Gasteiger partial charge in [0.25, 0.3) is 0 Å². The molecule has 35 heavy (non-hydrogen) atoms. The maximum atomic E-state index is 13.9. The number of hydrogen-bond acceptors (Lipinski definition) is 5. The van der Waals surface area contributed by atoms with Crippen LogP contribution in [0.25, 0.3) is 11.1 Å². The van der Waals surface area contributed by atoms with Gasteiger partial charge < -0.3 is 5.32 Å². The number of likely N-dealkylation sites (N-methyl/N-ethyl adjacent to an activating group) is 1. The number of allylic oxidation sites excluding steroid dienone is 1. The molecule has 4 rings (SSSR count). The number of alkyl halides is 3. The van der Waals surface area contributed by atoms with Gasteiger partial charge in [-0.15, -0.1) is 11.3 Å². The van der Waals surface area contributed by atoms with Crippen LogP contribution in [-0.2, 0) is 23.9 Å². The molecule has 0 saturated heterocycles. The number of nitrogens with one attached hydrogen (secondary N) is 1. The van der Waals surface area contributed by atoms with Gasteiger partial charge in [-0.25, -0.2) is 0 Å². The number of ketones is 1. The highest BCUT2D eigenvalue weighted by Crippen LogP contribution is 2.47. The van der Waals surface area contributed by atoms with E-state index in [0.29, 0.717) is 41.9 Å². The molecule has 2 aromatic heterocycles. The van der Waals surface area contributed by atoms with Gasteiger partial charge in [-0.3, -0.25) is 9.48 Å². The number of fused-ring (bicyclic) bond motifs is 1. The molecule has 0 bridgehead atoms. The third-order valence-corrected chi connectivity index (χ3v) is 7.34. The van der Waals surface area contributed by atoms with E-state index in [9.17, 15) is 23.2 Å². The van der Waals surface area contributed by atoms with Gasteiger partial charge in [-0.1, -0.05) is 30.3 Å². The molecule has 0 radical (unpaired) electrons. The van der Waals surface area contributed by atoms with E-state index in [2.05, 4.69) is 16.5 Å². The number of carbonyl (C=O) groups is 1. The van der Waals surface area contributed by atoms with E-state index in [1.54, 1.807) is 44.3 Å². The molecule has 0 saturated carbocycles. The van der Waals surface area contributed by atoms with Crippen LogP contribution in [0, 0.1) is 17.2 Å². The molecule has 2 atom stereocenters. The molecule has 182 valence electrons. The number of carbonyl (C=O) groups excluding carboxylic acids is 1. The molecule has 5 nitrogen and oxygen atoms in total. The van der Waals surface area contributed by atoms with Crippen LogP contribution in [0.3, 0.4) is 0 Å². The number of thiophene rings is 1. The van der Waals surface area contributed by atoms with E-state index in [1.165, 1.54) is 22.2 Å². The minimum atomic E-state index is -4.60. The summed E-state index contributed by atoms with van der Waals surface area (Å²) in [5, 5.41) is 16.2. The number of nitrogens with zero attached hydrogens (tertiary/aromatic N) is 3. The maximum absolute atomic E-state index is 13.9. The number of halogens is 3. The lowest BCUT2D eigenvalue weighted by molar-refractivity contribution is -0.141. The Hall–Kier alpha value is -3.22. The van der Waals surface area contributed by atoms with E-state index >= 15 is 0 Å². The SMILES string of the molecule is CCn1cc(-c2ccccc2[C@@H]2CC(C(=O)/C=C/CNC)Cc3sc(C#N)cc32)c(C(F)(F)F)n1. The molecule has 1 N–H and O–H groups in total. The second-order valence-electron chi connectivity index (χ2n) is 8.48. The molecule has 2 heterocycles. The van der Waals surface area contributed by atoms with Crippen LogP contribution in [-0.4, -0.2) is 29.2 Å². The molecule has 1 aromatic carbocycles. The van der Waals surface area contributed by atoms with Crippen LogP contribution in [0.1, 0.15) is 45.8 Å². The highest BCUT2D eigenvalue weighted by Gasteiger charge is 2.39. The zero-order valence-electron chi connectivity index (χ0n) is 19.4. The summed E-state index contributed by atoms with van der Waals surface area (Å²) in [6, 6.07) is 11.0. The molecule has 0 amide bonds. The number of rotatable bonds is 7. The molecule has 1 aliphatic rings. The second-order valence-corrected chi connectivity index (χ2v) is 9.62. The largest absolute Gasteiger partial charge is 0.435 e. The van der Waals surface area contributed by atoms with Crippen LogP contribution in [0.2, 0.25) is 0 Å². The maximum Gasteiger partial charge on any atom is 0.435 e. The third kappa shape index (κ3) is 5.09. The zero-order valence-corrected chi connectivity index (χ0v) is 20.2. The van der Waals surface area contributed by atoms with Crippen molar-refractivity contribution in [1.82, 2.24) is 15.1 Å². The van der Waals surface area contributed by atoms with Crippen molar-refractivity contribution in [2.24, 2.45) is 5.92 Å². The lowest BCUT2D eigenvalue weighted by Gasteiger charge is -2.30. The molecule has 0 aliphatic heterocycles. The summed E-state index contributed by atoms with van der Waals surface area (Å²) < 4.78 is 43.0. The number of hydrogen-bond donors (Lipinski definition) is 1. The fraction of sp³-hybridized carbons (Fsp3) is 0.346. The van der Waals surface area contributed by atoms with Gasteiger partial charge in [-0.2, -0.15) is 23.5 Å². The van der Waals surface area contributed by atoms with Crippen molar-refractivity contribution in [3.63, 3.8) is 0 Å². The van der Waals surface area contributed by atoms with Crippen molar-refractivity contribution in [2.75, 3.05) is 13.6 Å². The van der Waals surface area contributed by atoms with E-state index in [1.807, 2.05) is 12.1 Å². The lowest BCUT2D eigenvalue weighted by atomic mass is 9.74. The normalized spacial score (nSPS) is 17.9. The van der Waals surface area contributed by atoms with Crippen LogP contribution in [0.15, 0.2) is 48.7 Å². The molecule has 1 unspecified atom stereocenters. The van der Waals surface area contributed by atoms with Gasteiger partial charge >= 0.3 is 6.18 Å². The van der Waals surface area contributed by atoms with Gasteiger partial charge in [0.1, 0.15) is 10.9 Å². The van der Waals surface area contributed by atoms with Crippen molar-refractivity contribution >= 4 is 17.1 Å². The number of aryl methyl sites for hydroxylation is 1. The smallest absolute Gasteiger partial charge is 0.316 e. The number of benzene rings is 1. The Balaban J connectivity index is 1.83. The Kier molecular flexibility index (Phi) is 7.24. The van der Waals surface area contributed by atoms with E-state index in [0.717, 1.165) is 10.4 Å². The molecule has 0 fully saturated rings. The van der Waals surface area contributed by atoms with Gasteiger partial charge in [-0.05, 0) is 55.6 Å². The highest BCUT2D eigenvalue weighted by atomic mass is 32.1. The van der Waals surface area contributed by atoms with Crippen LogP contribution >= 0.6 is 11.3 Å². The van der Waals surface area contributed by atoms with Gasteiger partial charge in [0.15, 0.2) is 11.5 Å². The average molecular weight is 499 g/mol. The predicted molar refractivity (Wildman–Crippen MR) is 129 cm³/mol. The average Bonchev–Trinajstić information content (AvgIpc) is 3.47. The lowest BCUT2D eigenvalue weighted by Crippen LogP contribution is -2.24. The fourth-order valence-corrected chi connectivity index (χ4v) is 5.75. The van der Waals surface area contributed by atoms with E-state index in [4.69, 9.17) is 0 Å². The van der Waals surface area contributed by atoms with Crippen LogP contribution < -0.4 is 5.32 Å². The summed E-state index contributed by atoms with van der Waals surface area (Å²) in [5.74, 6) is -0.652. The van der Waals surface area contributed by atoms with Crippen LogP contribution in [0.4, 0.5) is 13.2 Å². The molecular weight excluding hydrogens is 473 g/mol. The summed E-state index contributed by atoms with van der Waals surface area (Å²) in [6.07, 6.45) is 1.14. The number of nitriles is 1. The van der Waals surface area contributed by atoms with Crippen molar-refractivity contribution < 1.29 is 18.0 Å². The van der Waals surface area contributed by atoms with Gasteiger partial charge in [0.2, 0.25) is 0 Å². The second kappa shape index (κ2) is 10.2. The first kappa shape index (κ1) is 24.9. The molecule has 0 spiro atoms. The van der Waals surface area contributed by atoms with Crippen LogP contribution in [0.5, 0.6) is 0 Å². The quantitative estimate of drug-likeness (QED) is 0.433. The Bertz CT molecular complexity index is 1300. The molecule has 9 heteroatoms. The minimum Gasteiger partial charge on any atom is -0.316 e. The first-order valence-corrected chi connectivity index (χ1v) is 12.2. The molecule has 1 aliphatic carbocycles. The summed E-state index contributed by atoms with van der Waals surface area (Å²) in [5.41, 5.74) is 1.16. The molecule has 3 aromatic rings. The first-order chi connectivity index (χ1) is 16.8. The monoisotopic (exact) mass is 498 g/mol. The molecular formula is C26H25F3N4OS. The Morgan fingerprint density at radius 2 is 2.09 bits per heavy atom. The van der Waals surface area contributed by atoms with E-state index in [-0.39, 0.29) is 23.2 Å². The minimum absolute atomic E-state index is 0.0185. The summed E-state index contributed by atoms with van der Waals surface area (Å²) in [6.45, 7) is 2.61. The van der Waals surface area contributed by atoms with Crippen molar-refractivity contribution in [3.05, 3.63) is 75.3 Å². The summed E-state index contributed by atoms with van der Waals surface area (Å²) >= 11 is 1.35. The highest BCUT2D eigenvalue weighted by molar-refractivity contribution is 7.12. The summed E-state index contributed by atoms with van der Waals surface area (Å²) in [7, 11) is 1.79. The Morgan fingerprint density at radius 3 is 2.77 bits per heavy atom. The Morgan fingerprint density at radius 1 is 1.31 bits per heavy atom. The Labute approximate surface area is 205 Å². The van der Waals surface area contributed by atoms with E-state index < -0.39 is 11.9 Å².